The van der Waals surface area contributed by atoms with E-state index in [9.17, 15) is 4.79 Å². The number of thioether (sulfide) groups is 1. The van der Waals surface area contributed by atoms with Gasteiger partial charge < -0.3 is 9.73 Å². The average molecular weight is 387 g/mol. The molecule has 4 nitrogen and oxygen atoms in total. The normalized spacial score (nSPS) is 11.1. The second kappa shape index (κ2) is 8.56. The summed E-state index contributed by atoms with van der Waals surface area (Å²) in [4.78, 5) is 16.9. The highest BCUT2D eigenvalue weighted by Crippen LogP contribution is 2.28. The van der Waals surface area contributed by atoms with Crippen LogP contribution in [0.25, 0.3) is 10.8 Å². The van der Waals surface area contributed by atoms with Crippen molar-refractivity contribution in [2.45, 2.75) is 32.4 Å². The van der Waals surface area contributed by atoms with Crippen LogP contribution >= 0.6 is 23.1 Å². The highest BCUT2D eigenvalue weighted by Gasteiger charge is 2.13. The van der Waals surface area contributed by atoms with E-state index in [2.05, 4.69) is 30.2 Å². The molecule has 1 N–H and O–H groups in total. The van der Waals surface area contributed by atoms with E-state index in [1.807, 2.05) is 36.6 Å². The van der Waals surface area contributed by atoms with Crippen molar-refractivity contribution in [3.63, 3.8) is 0 Å². The molecule has 0 unspecified atom stereocenters. The number of carbonyl (C=O) groups is 1. The van der Waals surface area contributed by atoms with Gasteiger partial charge in [-0.05, 0) is 36.1 Å². The molecule has 0 atom stereocenters. The fourth-order valence-electron chi connectivity index (χ4n) is 2.65. The highest BCUT2D eigenvalue weighted by atomic mass is 32.2. The number of hydrogen-bond acceptors (Lipinski definition) is 5. The second-order valence-electron chi connectivity index (χ2n) is 6.36. The lowest BCUT2D eigenvalue weighted by Gasteiger charge is -2.16. The molecule has 3 aromatic rings. The number of benzene rings is 1. The SMILES string of the molecule is Cc1cccc(C(C)C)c1NC(=O)CSCc1csc(-c2ccco2)n1. The average Bonchev–Trinajstić information content (AvgIpc) is 3.27. The lowest BCUT2D eigenvalue weighted by atomic mass is 9.98. The van der Waals surface area contributed by atoms with Gasteiger partial charge in [-0.3, -0.25) is 4.79 Å². The molecule has 2 heterocycles. The highest BCUT2D eigenvalue weighted by molar-refractivity contribution is 7.99. The zero-order chi connectivity index (χ0) is 18.5. The van der Waals surface area contributed by atoms with Gasteiger partial charge in [-0.15, -0.1) is 23.1 Å². The Kier molecular flexibility index (Phi) is 6.16. The third kappa shape index (κ3) is 4.56. The van der Waals surface area contributed by atoms with Crippen molar-refractivity contribution in [1.82, 2.24) is 4.98 Å². The summed E-state index contributed by atoms with van der Waals surface area (Å²) < 4.78 is 5.36. The summed E-state index contributed by atoms with van der Waals surface area (Å²) in [5.74, 6) is 2.28. The van der Waals surface area contributed by atoms with Crippen LogP contribution in [0.2, 0.25) is 0 Å². The van der Waals surface area contributed by atoms with Gasteiger partial charge in [-0.25, -0.2) is 4.98 Å². The van der Waals surface area contributed by atoms with Crippen molar-refractivity contribution in [1.29, 1.82) is 0 Å². The van der Waals surface area contributed by atoms with Gasteiger partial charge in [0.15, 0.2) is 10.8 Å². The van der Waals surface area contributed by atoms with Crippen LogP contribution in [0.4, 0.5) is 5.69 Å². The molecule has 0 saturated heterocycles. The zero-order valence-corrected chi connectivity index (χ0v) is 16.7. The van der Waals surface area contributed by atoms with Gasteiger partial charge in [0, 0.05) is 16.8 Å². The third-order valence-electron chi connectivity index (χ3n) is 3.96. The van der Waals surface area contributed by atoms with E-state index < -0.39 is 0 Å². The monoisotopic (exact) mass is 386 g/mol. The number of rotatable bonds is 7. The summed E-state index contributed by atoms with van der Waals surface area (Å²) in [7, 11) is 0. The summed E-state index contributed by atoms with van der Waals surface area (Å²) in [5.41, 5.74) is 4.18. The number of carbonyl (C=O) groups excluding carboxylic acids is 1. The first kappa shape index (κ1) is 18.7. The van der Waals surface area contributed by atoms with Crippen LogP contribution in [-0.4, -0.2) is 16.6 Å². The fraction of sp³-hybridized carbons (Fsp3) is 0.300. The van der Waals surface area contributed by atoms with Crippen molar-refractivity contribution >= 4 is 34.7 Å². The maximum absolute atomic E-state index is 12.4. The van der Waals surface area contributed by atoms with Crippen LogP contribution in [0.15, 0.2) is 46.4 Å². The molecule has 6 heteroatoms. The Morgan fingerprint density at radius 2 is 2.15 bits per heavy atom. The molecule has 0 fully saturated rings. The number of nitrogens with one attached hydrogen (secondary N) is 1. The lowest BCUT2D eigenvalue weighted by molar-refractivity contribution is -0.113. The second-order valence-corrected chi connectivity index (χ2v) is 8.20. The lowest BCUT2D eigenvalue weighted by Crippen LogP contribution is -2.16. The number of hydrogen-bond donors (Lipinski definition) is 1. The molecule has 0 bridgehead atoms. The summed E-state index contributed by atoms with van der Waals surface area (Å²) in [5, 5.41) is 5.97. The van der Waals surface area contributed by atoms with Gasteiger partial charge in [0.05, 0.1) is 17.7 Å². The number of furan rings is 1. The minimum absolute atomic E-state index is 0.0210. The number of thiazole rings is 1. The molecule has 0 saturated carbocycles. The van der Waals surface area contributed by atoms with Gasteiger partial charge in [0.2, 0.25) is 5.91 Å². The van der Waals surface area contributed by atoms with Gasteiger partial charge in [0.25, 0.3) is 0 Å². The molecule has 0 radical (unpaired) electrons. The zero-order valence-electron chi connectivity index (χ0n) is 15.1. The first-order valence-corrected chi connectivity index (χ1v) is 10.5. The van der Waals surface area contributed by atoms with Crippen LogP contribution in [0.1, 0.15) is 36.6 Å². The summed E-state index contributed by atoms with van der Waals surface area (Å²) in [6.45, 7) is 6.30. The van der Waals surface area contributed by atoms with E-state index in [4.69, 9.17) is 4.42 Å². The molecule has 26 heavy (non-hydrogen) atoms. The van der Waals surface area contributed by atoms with Crippen molar-refractivity contribution in [3.05, 3.63) is 58.8 Å². The van der Waals surface area contributed by atoms with E-state index in [0.717, 1.165) is 27.7 Å². The summed E-state index contributed by atoms with van der Waals surface area (Å²) in [6, 6.07) is 9.89. The largest absolute Gasteiger partial charge is 0.462 e. The van der Waals surface area contributed by atoms with Crippen LogP contribution in [0, 0.1) is 6.92 Å². The Hall–Kier alpha value is -2.05. The van der Waals surface area contributed by atoms with Crippen molar-refractivity contribution in [2.75, 3.05) is 11.1 Å². The van der Waals surface area contributed by atoms with Crippen LogP contribution in [0.5, 0.6) is 0 Å². The molecular weight excluding hydrogens is 364 g/mol. The topological polar surface area (TPSA) is 55.1 Å². The molecule has 0 aliphatic rings. The van der Waals surface area contributed by atoms with E-state index in [1.165, 1.54) is 5.56 Å². The molecular formula is C20H22N2O2S2. The fourth-order valence-corrected chi connectivity index (χ4v) is 4.26. The summed E-state index contributed by atoms with van der Waals surface area (Å²) in [6.07, 6.45) is 1.65. The smallest absolute Gasteiger partial charge is 0.234 e. The predicted molar refractivity (Wildman–Crippen MR) is 110 cm³/mol. The Bertz CT molecular complexity index is 870. The van der Waals surface area contributed by atoms with Crippen LogP contribution < -0.4 is 5.32 Å². The van der Waals surface area contributed by atoms with Gasteiger partial charge in [-0.1, -0.05) is 32.0 Å². The van der Waals surface area contributed by atoms with Crippen LogP contribution in [0.3, 0.4) is 0 Å². The summed E-state index contributed by atoms with van der Waals surface area (Å²) >= 11 is 3.12. The first-order chi connectivity index (χ1) is 12.5. The number of nitrogens with zero attached hydrogens (tertiary/aromatic N) is 1. The Labute approximate surface area is 162 Å². The molecule has 0 aliphatic carbocycles. The maximum atomic E-state index is 12.4. The van der Waals surface area contributed by atoms with Gasteiger partial charge >= 0.3 is 0 Å². The molecule has 1 amide bonds. The maximum Gasteiger partial charge on any atom is 0.234 e. The number of aryl methyl sites for hydroxylation is 1. The molecule has 0 spiro atoms. The number of amides is 1. The van der Waals surface area contributed by atoms with E-state index >= 15 is 0 Å². The minimum atomic E-state index is 0.0210. The Balaban J connectivity index is 1.54. The molecule has 136 valence electrons. The molecule has 2 aromatic heterocycles. The van der Waals surface area contributed by atoms with E-state index in [0.29, 0.717) is 17.4 Å². The standard InChI is InChI=1S/C20H22N2O2S2/c1-13(2)16-7-4-6-14(3)19(16)22-18(23)12-25-10-15-11-26-20(21-15)17-8-5-9-24-17/h4-9,11,13H,10,12H2,1-3H3,(H,22,23). The third-order valence-corrected chi connectivity index (χ3v) is 5.83. The van der Waals surface area contributed by atoms with Crippen LogP contribution in [-0.2, 0) is 10.5 Å². The van der Waals surface area contributed by atoms with E-state index in [1.54, 1.807) is 29.4 Å². The molecule has 0 aliphatic heterocycles. The number of aromatic nitrogens is 1. The Morgan fingerprint density at radius 1 is 1.31 bits per heavy atom. The molecule has 1 aromatic carbocycles. The minimum Gasteiger partial charge on any atom is -0.462 e. The van der Waals surface area contributed by atoms with Crippen molar-refractivity contribution in [3.8, 4) is 10.8 Å². The Morgan fingerprint density at radius 3 is 2.88 bits per heavy atom. The van der Waals surface area contributed by atoms with Gasteiger partial charge in [-0.2, -0.15) is 0 Å². The molecule has 3 rings (SSSR count). The number of anilines is 1. The first-order valence-electron chi connectivity index (χ1n) is 8.50. The quantitative estimate of drug-likeness (QED) is 0.565. The van der Waals surface area contributed by atoms with Crippen molar-refractivity contribution < 1.29 is 9.21 Å². The van der Waals surface area contributed by atoms with Crippen molar-refractivity contribution in [2.24, 2.45) is 0 Å². The number of para-hydroxylation sites is 1. The van der Waals surface area contributed by atoms with Gasteiger partial charge in [0.1, 0.15) is 0 Å². The predicted octanol–water partition coefficient (Wildman–Crippen LogP) is 5.71. The van der Waals surface area contributed by atoms with E-state index in [-0.39, 0.29) is 5.91 Å².